The SMILES string of the molecule is CCOc1ccc(N2CC(C)Cn3c2nc2c3c(=O)n(CCN3CCOCC3)c(=O)n2C)cc1. The van der Waals surface area contributed by atoms with Crippen LogP contribution in [0.25, 0.3) is 11.2 Å². The first-order valence-corrected chi connectivity index (χ1v) is 12.0. The van der Waals surface area contributed by atoms with Crippen molar-refractivity contribution in [2.75, 3.05) is 50.9 Å². The van der Waals surface area contributed by atoms with Crippen molar-refractivity contribution in [3.8, 4) is 5.75 Å². The van der Waals surface area contributed by atoms with E-state index >= 15 is 0 Å². The van der Waals surface area contributed by atoms with Gasteiger partial charge >= 0.3 is 5.69 Å². The van der Waals surface area contributed by atoms with Crippen LogP contribution in [-0.4, -0.2) is 69.6 Å². The molecule has 34 heavy (non-hydrogen) atoms. The van der Waals surface area contributed by atoms with Crippen LogP contribution in [0.4, 0.5) is 11.6 Å². The zero-order valence-corrected chi connectivity index (χ0v) is 20.1. The predicted molar refractivity (Wildman–Crippen MR) is 130 cm³/mol. The van der Waals surface area contributed by atoms with E-state index in [0.29, 0.717) is 62.5 Å². The zero-order valence-electron chi connectivity index (χ0n) is 20.1. The lowest BCUT2D eigenvalue weighted by Gasteiger charge is -2.33. The van der Waals surface area contributed by atoms with Crippen molar-refractivity contribution in [1.82, 2.24) is 23.6 Å². The number of aromatic nitrogens is 4. The summed E-state index contributed by atoms with van der Waals surface area (Å²) in [5.74, 6) is 1.81. The van der Waals surface area contributed by atoms with Crippen molar-refractivity contribution in [2.24, 2.45) is 13.0 Å². The molecule has 2 aliphatic rings. The molecule has 3 aromatic rings. The number of morpholine rings is 1. The number of fused-ring (bicyclic) bond motifs is 3. The van der Waals surface area contributed by atoms with E-state index in [9.17, 15) is 9.59 Å². The van der Waals surface area contributed by atoms with Crippen LogP contribution in [0.3, 0.4) is 0 Å². The Balaban J connectivity index is 1.56. The molecule has 4 heterocycles. The van der Waals surface area contributed by atoms with Crippen molar-refractivity contribution in [2.45, 2.75) is 26.9 Å². The zero-order chi connectivity index (χ0) is 23.8. The van der Waals surface area contributed by atoms with Gasteiger partial charge in [0, 0.05) is 52.0 Å². The number of benzene rings is 1. The van der Waals surface area contributed by atoms with Crippen molar-refractivity contribution < 1.29 is 9.47 Å². The van der Waals surface area contributed by atoms with Crippen LogP contribution >= 0.6 is 0 Å². The lowest BCUT2D eigenvalue weighted by molar-refractivity contribution is 0.0361. The van der Waals surface area contributed by atoms with Crippen LogP contribution in [0.15, 0.2) is 33.9 Å². The fraction of sp³-hybridized carbons (Fsp3) is 0.542. The van der Waals surface area contributed by atoms with Gasteiger partial charge in [-0.3, -0.25) is 18.8 Å². The van der Waals surface area contributed by atoms with Crippen LogP contribution in [0.5, 0.6) is 5.75 Å². The highest BCUT2D eigenvalue weighted by Crippen LogP contribution is 2.33. The molecule has 5 rings (SSSR count). The molecule has 0 N–H and O–H groups in total. The Kier molecular flexibility index (Phi) is 6.18. The molecule has 1 unspecified atom stereocenters. The van der Waals surface area contributed by atoms with E-state index in [1.54, 1.807) is 7.05 Å². The smallest absolute Gasteiger partial charge is 0.332 e. The number of imidazole rings is 1. The average Bonchev–Trinajstić information content (AvgIpc) is 3.23. The van der Waals surface area contributed by atoms with Gasteiger partial charge in [-0.1, -0.05) is 6.92 Å². The summed E-state index contributed by atoms with van der Waals surface area (Å²) < 4.78 is 15.8. The van der Waals surface area contributed by atoms with Crippen LogP contribution in [0.1, 0.15) is 13.8 Å². The molecular formula is C24H32N6O4. The number of aryl methyl sites for hydroxylation is 1. The summed E-state index contributed by atoms with van der Waals surface area (Å²) in [6, 6.07) is 7.90. The van der Waals surface area contributed by atoms with Crippen LogP contribution in [-0.2, 0) is 24.9 Å². The summed E-state index contributed by atoms with van der Waals surface area (Å²) in [5.41, 5.74) is 1.29. The Labute approximate surface area is 197 Å². The second kappa shape index (κ2) is 9.27. The minimum atomic E-state index is -0.332. The molecule has 1 saturated heterocycles. The Morgan fingerprint density at radius 1 is 1.09 bits per heavy atom. The number of hydrogen-bond acceptors (Lipinski definition) is 7. The molecule has 10 heteroatoms. The molecule has 0 spiro atoms. The van der Waals surface area contributed by atoms with Gasteiger partial charge in [0.1, 0.15) is 5.75 Å². The quantitative estimate of drug-likeness (QED) is 0.541. The lowest BCUT2D eigenvalue weighted by Crippen LogP contribution is -2.44. The Morgan fingerprint density at radius 2 is 1.82 bits per heavy atom. The van der Waals surface area contributed by atoms with E-state index in [2.05, 4.69) is 16.7 Å². The van der Waals surface area contributed by atoms with Gasteiger partial charge in [0.2, 0.25) is 5.95 Å². The van der Waals surface area contributed by atoms with Crippen molar-refractivity contribution in [3.05, 3.63) is 45.1 Å². The third kappa shape index (κ3) is 4.01. The minimum Gasteiger partial charge on any atom is -0.494 e. The molecule has 0 radical (unpaired) electrons. The summed E-state index contributed by atoms with van der Waals surface area (Å²) in [6.45, 7) is 10.2. The number of hydrogen-bond donors (Lipinski definition) is 0. The van der Waals surface area contributed by atoms with Crippen molar-refractivity contribution >= 4 is 22.8 Å². The average molecular weight is 469 g/mol. The minimum absolute atomic E-state index is 0.272. The molecule has 182 valence electrons. The summed E-state index contributed by atoms with van der Waals surface area (Å²) in [5, 5.41) is 0. The fourth-order valence-electron chi connectivity index (χ4n) is 4.88. The van der Waals surface area contributed by atoms with Crippen LogP contribution < -0.4 is 20.9 Å². The third-order valence-corrected chi connectivity index (χ3v) is 6.65. The van der Waals surface area contributed by atoms with Gasteiger partial charge in [-0.25, -0.2) is 4.79 Å². The largest absolute Gasteiger partial charge is 0.494 e. The van der Waals surface area contributed by atoms with E-state index < -0.39 is 0 Å². The van der Waals surface area contributed by atoms with Crippen LogP contribution in [0.2, 0.25) is 0 Å². The molecule has 0 aliphatic carbocycles. The van der Waals surface area contributed by atoms with Crippen molar-refractivity contribution in [1.29, 1.82) is 0 Å². The maximum Gasteiger partial charge on any atom is 0.332 e. The first-order valence-electron chi connectivity index (χ1n) is 12.0. The Morgan fingerprint density at radius 3 is 2.53 bits per heavy atom. The van der Waals surface area contributed by atoms with E-state index in [-0.39, 0.29) is 11.2 Å². The Bertz CT molecular complexity index is 1290. The van der Waals surface area contributed by atoms with Gasteiger partial charge in [0.15, 0.2) is 11.2 Å². The molecule has 0 saturated carbocycles. The van der Waals surface area contributed by atoms with Crippen LogP contribution in [0, 0.1) is 5.92 Å². The molecular weight excluding hydrogens is 436 g/mol. The number of rotatable bonds is 6. The topological polar surface area (TPSA) is 86.8 Å². The van der Waals surface area contributed by atoms with Gasteiger partial charge in [0.25, 0.3) is 5.56 Å². The van der Waals surface area contributed by atoms with Crippen molar-refractivity contribution in [3.63, 3.8) is 0 Å². The molecule has 1 atom stereocenters. The van der Waals surface area contributed by atoms with Gasteiger partial charge in [0.05, 0.1) is 19.8 Å². The first kappa shape index (κ1) is 22.7. The van der Waals surface area contributed by atoms with Gasteiger partial charge in [-0.2, -0.15) is 4.98 Å². The Hall–Kier alpha value is -3.11. The third-order valence-electron chi connectivity index (χ3n) is 6.65. The highest BCUT2D eigenvalue weighted by atomic mass is 16.5. The number of ether oxygens (including phenoxy) is 2. The summed E-state index contributed by atoms with van der Waals surface area (Å²) >= 11 is 0. The van der Waals surface area contributed by atoms with Gasteiger partial charge in [-0.05, 0) is 37.1 Å². The highest BCUT2D eigenvalue weighted by molar-refractivity contribution is 5.77. The number of anilines is 2. The van der Waals surface area contributed by atoms with E-state index in [1.165, 1.54) is 9.13 Å². The van der Waals surface area contributed by atoms with E-state index in [1.807, 2.05) is 35.8 Å². The lowest BCUT2D eigenvalue weighted by atomic mass is 10.1. The van der Waals surface area contributed by atoms with E-state index in [4.69, 9.17) is 14.5 Å². The predicted octanol–water partition coefficient (Wildman–Crippen LogP) is 1.42. The highest BCUT2D eigenvalue weighted by Gasteiger charge is 2.30. The molecule has 10 nitrogen and oxygen atoms in total. The normalized spacial score (nSPS) is 18.9. The summed E-state index contributed by atoms with van der Waals surface area (Å²) in [6.07, 6.45) is 0. The molecule has 2 aliphatic heterocycles. The second-order valence-corrected chi connectivity index (χ2v) is 9.09. The van der Waals surface area contributed by atoms with Gasteiger partial charge in [-0.15, -0.1) is 0 Å². The molecule has 1 aromatic carbocycles. The first-order chi connectivity index (χ1) is 16.5. The summed E-state index contributed by atoms with van der Waals surface area (Å²) in [7, 11) is 1.69. The maximum absolute atomic E-state index is 13.6. The monoisotopic (exact) mass is 468 g/mol. The fourth-order valence-corrected chi connectivity index (χ4v) is 4.88. The second-order valence-electron chi connectivity index (χ2n) is 9.09. The maximum atomic E-state index is 13.6. The molecule has 1 fully saturated rings. The molecule has 0 amide bonds. The van der Waals surface area contributed by atoms with Gasteiger partial charge < -0.3 is 18.9 Å². The summed E-state index contributed by atoms with van der Waals surface area (Å²) in [4.78, 5) is 35.8. The molecule has 2 aromatic heterocycles. The van der Waals surface area contributed by atoms with E-state index in [0.717, 1.165) is 31.1 Å². The standard InChI is InChI=1S/C24H32N6O4/c1-4-34-19-7-5-18(6-8-19)29-15-17(2)16-30-20-21(25-23(29)30)26(3)24(32)28(22(20)31)10-9-27-11-13-33-14-12-27/h5-8,17H,4,9-16H2,1-3H3. The molecule has 0 bridgehead atoms. The number of nitrogens with zero attached hydrogens (tertiary/aromatic N) is 6.